The van der Waals surface area contributed by atoms with E-state index in [2.05, 4.69) is 0 Å². The second-order valence-corrected chi connectivity index (χ2v) is 4.23. The van der Waals surface area contributed by atoms with Crippen molar-refractivity contribution >= 4 is 5.78 Å². The largest absolute Gasteiger partial charge is 0.508 e. The topological polar surface area (TPSA) is 37.3 Å². The fourth-order valence-electron chi connectivity index (χ4n) is 1.79. The average Bonchev–Trinajstić information content (AvgIpc) is 2.35. The van der Waals surface area contributed by atoms with Crippen LogP contribution in [0, 0.1) is 12.7 Å². The van der Waals surface area contributed by atoms with Crippen LogP contribution in [0.25, 0.3) is 0 Å². The summed E-state index contributed by atoms with van der Waals surface area (Å²) in [7, 11) is 0. The number of phenolic OH excluding ortho intramolecular Hbond substituents is 1. The Hall–Kier alpha value is -2.16. The van der Waals surface area contributed by atoms with E-state index in [0.717, 1.165) is 11.1 Å². The van der Waals surface area contributed by atoms with Gasteiger partial charge in [-0.3, -0.25) is 4.79 Å². The van der Waals surface area contributed by atoms with Crippen molar-refractivity contribution in [3.05, 3.63) is 65.0 Å². The molecule has 0 saturated heterocycles. The molecule has 0 saturated carbocycles. The van der Waals surface area contributed by atoms with Crippen LogP contribution in [-0.2, 0) is 6.42 Å². The molecule has 0 amide bonds. The molecule has 0 atom stereocenters. The molecule has 2 nitrogen and oxygen atoms in total. The predicted molar refractivity (Wildman–Crippen MR) is 67.3 cm³/mol. The van der Waals surface area contributed by atoms with Crippen molar-refractivity contribution in [3.63, 3.8) is 0 Å². The lowest BCUT2D eigenvalue weighted by Gasteiger charge is -2.05. The van der Waals surface area contributed by atoms with Crippen LogP contribution in [0.4, 0.5) is 4.39 Å². The highest BCUT2D eigenvalue weighted by molar-refractivity contribution is 5.98. The number of carbonyl (C=O) groups is 1. The highest BCUT2D eigenvalue weighted by atomic mass is 19.1. The molecule has 3 heteroatoms. The minimum Gasteiger partial charge on any atom is -0.508 e. The van der Waals surface area contributed by atoms with Crippen molar-refractivity contribution in [1.82, 2.24) is 0 Å². The number of hydrogen-bond donors (Lipinski definition) is 1. The minimum absolute atomic E-state index is 0.127. The maximum absolute atomic E-state index is 13.1. The van der Waals surface area contributed by atoms with E-state index in [9.17, 15) is 9.18 Å². The summed E-state index contributed by atoms with van der Waals surface area (Å²) in [5.74, 6) is -0.375. The van der Waals surface area contributed by atoms with Crippen LogP contribution in [0.3, 0.4) is 0 Å². The van der Waals surface area contributed by atoms with Crippen molar-refractivity contribution in [1.29, 1.82) is 0 Å². The van der Waals surface area contributed by atoms with Crippen LogP contribution in [0.2, 0.25) is 0 Å². The SMILES string of the molecule is Cc1ccc(F)cc1C(=O)Cc1ccc(O)cc1. The Morgan fingerprint density at radius 3 is 2.50 bits per heavy atom. The lowest BCUT2D eigenvalue weighted by Crippen LogP contribution is -2.06. The molecule has 0 unspecified atom stereocenters. The molecule has 18 heavy (non-hydrogen) atoms. The van der Waals surface area contributed by atoms with Gasteiger partial charge >= 0.3 is 0 Å². The van der Waals surface area contributed by atoms with E-state index in [1.54, 1.807) is 25.1 Å². The first-order valence-corrected chi connectivity index (χ1v) is 5.63. The number of Topliss-reactive ketones (excluding diaryl/α,β-unsaturated/α-hetero) is 1. The molecule has 0 fully saturated rings. The number of aryl methyl sites for hydroxylation is 1. The fraction of sp³-hybridized carbons (Fsp3) is 0.133. The first-order valence-electron chi connectivity index (χ1n) is 5.63. The molecule has 2 aromatic carbocycles. The van der Waals surface area contributed by atoms with E-state index in [0.29, 0.717) is 5.56 Å². The first kappa shape index (κ1) is 12.3. The molecule has 0 heterocycles. The molecule has 0 spiro atoms. The zero-order chi connectivity index (χ0) is 13.1. The van der Waals surface area contributed by atoms with Crippen molar-refractivity contribution < 1.29 is 14.3 Å². The molecule has 0 bridgehead atoms. The highest BCUT2D eigenvalue weighted by Crippen LogP contribution is 2.15. The Labute approximate surface area is 105 Å². The lowest BCUT2D eigenvalue weighted by molar-refractivity contribution is 0.0992. The van der Waals surface area contributed by atoms with Gasteiger partial charge in [0.2, 0.25) is 0 Å². The number of aromatic hydroxyl groups is 1. The Bertz CT molecular complexity index is 574. The van der Waals surface area contributed by atoms with Gasteiger partial charge in [-0.05, 0) is 42.3 Å². The fourth-order valence-corrected chi connectivity index (χ4v) is 1.79. The molecule has 0 aliphatic heterocycles. The van der Waals surface area contributed by atoms with E-state index in [1.165, 1.54) is 24.3 Å². The summed E-state index contributed by atoms with van der Waals surface area (Å²) in [5.41, 5.74) is 1.96. The van der Waals surface area contributed by atoms with Gasteiger partial charge in [-0.1, -0.05) is 18.2 Å². The summed E-state index contributed by atoms with van der Waals surface area (Å²) in [6, 6.07) is 10.6. The smallest absolute Gasteiger partial charge is 0.167 e. The van der Waals surface area contributed by atoms with Crippen molar-refractivity contribution in [2.24, 2.45) is 0 Å². The summed E-state index contributed by atoms with van der Waals surface area (Å²) >= 11 is 0. The highest BCUT2D eigenvalue weighted by Gasteiger charge is 2.11. The predicted octanol–water partition coefficient (Wildman–Crippen LogP) is 3.27. The van der Waals surface area contributed by atoms with Gasteiger partial charge in [-0.15, -0.1) is 0 Å². The number of halogens is 1. The van der Waals surface area contributed by atoms with Crippen LogP contribution in [-0.4, -0.2) is 10.9 Å². The summed E-state index contributed by atoms with van der Waals surface area (Å²) in [6.45, 7) is 1.78. The molecule has 2 rings (SSSR count). The monoisotopic (exact) mass is 244 g/mol. The number of rotatable bonds is 3. The lowest BCUT2D eigenvalue weighted by atomic mass is 9.99. The van der Waals surface area contributed by atoms with E-state index in [1.807, 2.05) is 0 Å². The second kappa shape index (κ2) is 5.00. The average molecular weight is 244 g/mol. The zero-order valence-electron chi connectivity index (χ0n) is 9.98. The van der Waals surface area contributed by atoms with E-state index in [4.69, 9.17) is 5.11 Å². The summed E-state index contributed by atoms with van der Waals surface area (Å²) in [6.07, 6.45) is 0.199. The van der Waals surface area contributed by atoms with Gasteiger partial charge in [0.05, 0.1) is 0 Å². The van der Waals surface area contributed by atoms with Crippen LogP contribution >= 0.6 is 0 Å². The zero-order valence-corrected chi connectivity index (χ0v) is 9.98. The molecule has 0 radical (unpaired) electrons. The van der Waals surface area contributed by atoms with Crippen molar-refractivity contribution in [2.45, 2.75) is 13.3 Å². The third kappa shape index (κ3) is 2.74. The third-order valence-electron chi connectivity index (χ3n) is 2.80. The molecule has 0 aliphatic carbocycles. The van der Waals surface area contributed by atoms with Crippen molar-refractivity contribution in [3.8, 4) is 5.75 Å². The Kier molecular flexibility index (Phi) is 3.42. The maximum atomic E-state index is 13.1. The van der Waals surface area contributed by atoms with E-state index >= 15 is 0 Å². The quantitative estimate of drug-likeness (QED) is 0.841. The summed E-state index contributed by atoms with van der Waals surface area (Å²) < 4.78 is 13.1. The van der Waals surface area contributed by atoms with Gasteiger partial charge < -0.3 is 5.11 Å². The molecule has 0 aliphatic rings. The van der Waals surface area contributed by atoms with Crippen LogP contribution < -0.4 is 0 Å². The van der Waals surface area contributed by atoms with E-state index in [-0.39, 0.29) is 18.0 Å². The maximum Gasteiger partial charge on any atom is 0.167 e. The second-order valence-electron chi connectivity index (χ2n) is 4.23. The third-order valence-corrected chi connectivity index (χ3v) is 2.80. The Morgan fingerprint density at radius 2 is 1.83 bits per heavy atom. The molecule has 1 N–H and O–H groups in total. The van der Waals surface area contributed by atoms with Crippen LogP contribution in [0.15, 0.2) is 42.5 Å². The molecule has 92 valence electrons. The minimum atomic E-state index is -0.408. The Balaban J connectivity index is 2.21. The number of hydrogen-bond acceptors (Lipinski definition) is 2. The Morgan fingerprint density at radius 1 is 1.17 bits per heavy atom. The van der Waals surface area contributed by atoms with Gasteiger partial charge in [0.15, 0.2) is 5.78 Å². The molecular weight excluding hydrogens is 231 g/mol. The normalized spacial score (nSPS) is 10.3. The molecule has 2 aromatic rings. The van der Waals surface area contributed by atoms with E-state index < -0.39 is 5.82 Å². The number of carbonyl (C=O) groups excluding carboxylic acids is 1. The first-order chi connectivity index (χ1) is 8.56. The van der Waals surface area contributed by atoms with Gasteiger partial charge in [0.25, 0.3) is 0 Å². The number of benzene rings is 2. The summed E-state index contributed by atoms with van der Waals surface area (Å²) in [4.78, 5) is 12.0. The van der Waals surface area contributed by atoms with Gasteiger partial charge in [-0.2, -0.15) is 0 Å². The van der Waals surface area contributed by atoms with Crippen LogP contribution in [0.1, 0.15) is 21.5 Å². The molecule has 0 aromatic heterocycles. The van der Waals surface area contributed by atoms with Crippen LogP contribution in [0.5, 0.6) is 5.75 Å². The van der Waals surface area contributed by atoms with Gasteiger partial charge in [0.1, 0.15) is 11.6 Å². The van der Waals surface area contributed by atoms with Crippen molar-refractivity contribution in [2.75, 3.05) is 0 Å². The van der Waals surface area contributed by atoms with Gasteiger partial charge in [0, 0.05) is 12.0 Å². The van der Waals surface area contributed by atoms with Gasteiger partial charge in [-0.25, -0.2) is 4.39 Å². The number of ketones is 1. The summed E-state index contributed by atoms with van der Waals surface area (Å²) in [5, 5.41) is 9.15. The number of phenols is 1. The standard InChI is InChI=1S/C15H13FO2/c1-10-2-5-12(16)9-14(10)15(18)8-11-3-6-13(17)7-4-11/h2-7,9,17H,8H2,1H3. The molecular formula is C15H13FO2.